The summed E-state index contributed by atoms with van der Waals surface area (Å²) in [7, 11) is 0. The van der Waals surface area contributed by atoms with E-state index < -0.39 is 5.82 Å². The molecule has 1 fully saturated rings. The van der Waals surface area contributed by atoms with E-state index in [0.29, 0.717) is 40.7 Å². The van der Waals surface area contributed by atoms with Gasteiger partial charge >= 0.3 is 0 Å². The number of rotatable bonds is 2. The predicted octanol–water partition coefficient (Wildman–Crippen LogP) is 4.81. The Balaban J connectivity index is 1.52. The minimum Gasteiger partial charge on any atom is -0.378 e. The molecule has 0 spiro atoms. The molecule has 33 heavy (non-hydrogen) atoms. The van der Waals surface area contributed by atoms with Gasteiger partial charge in [0, 0.05) is 42.4 Å². The molecule has 168 valence electrons. The highest BCUT2D eigenvalue weighted by Gasteiger charge is 2.22. The lowest BCUT2D eigenvalue weighted by Crippen LogP contribution is -2.36. The van der Waals surface area contributed by atoms with Gasteiger partial charge < -0.3 is 14.5 Å². The topological polar surface area (TPSA) is 58.6 Å². The number of hydrogen-bond donors (Lipinski definition) is 0. The summed E-state index contributed by atoms with van der Waals surface area (Å²) in [4.78, 5) is 25.3. The van der Waals surface area contributed by atoms with Gasteiger partial charge in [-0.2, -0.15) is 0 Å². The lowest BCUT2D eigenvalue weighted by atomic mass is 10.0. The van der Waals surface area contributed by atoms with E-state index in [2.05, 4.69) is 14.9 Å². The van der Waals surface area contributed by atoms with Gasteiger partial charge in [0.15, 0.2) is 0 Å². The van der Waals surface area contributed by atoms with Crippen LogP contribution in [0.3, 0.4) is 0 Å². The van der Waals surface area contributed by atoms with Crippen LogP contribution in [0.25, 0.3) is 23.4 Å². The Labute approximate surface area is 196 Å². The van der Waals surface area contributed by atoms with Crippen LogP contribution in [-0.2, 0) is 16.1 Å². The smallest absolute Gasteiger partial charge is 0.224 e. The van der Waals surface area contributed by atoms with Crippen LogP contribution in [0.15, 0.2) is 42.6 Å². The normalized spacial score (nSPS) is 16.5. The van der Waals surface area contributed by atoms with Crippen molar-refractivity contribution in [2.45, 2.75) is 13.5 Å². The van der Waals surface area contributed by atoms with Crippen LogP contribution in [0.5, 0.6) is 0 Å². The van der Waals surface area contributed by atoms with Crippen LogP contribution >= 0.6 is 11.6 Å². The first-order valence-corrected chi connectivity index (χ1v) is 11.1. The summed E-state index contributed by atoms with van der Waals surface area (Å²) < 4.78 is 20.6. The van der Waals surface area contributed by atoms with Crippen LogP contribution in [-0.4, -0.2) is 42.2 Å². The first-order valence-electron chi connectivity index (χ1n) is 10.7. The summed E-state index contributed by atoms with van der Waals surface area (Å²) in [6.45, 7) is 4.58. The standard InChI is InChI=1S/C25H22ClFN4O2/c1-16(32)31-15-19-12-21(27)25(18-4-7-24(28-14-18)30-8-10-33-11-9-30)29-22(19)6-3-17-2-5-20(26)13-23(17)31/h2-7,12-14H,8-11,15H2,1H3/b6-3-. The Morgan fingerprint density at radius 3 is 2.67 bits per heavy atom. The van der Waals surface area contributed by atoms with Gasteiger partial charge in [-0.1, -0.05) is 23.7 Å². The second kappa shape index (κ2) is 8.92. The van der Waals surface area contributed by atoms with E-state index >= 15 is 4.39 Å². The van der Waals surface area contributed by atoms with Gasteiger partial charge in [-0.25, -0.2) is 14.4 Å². The highest BCUT2D eigenvalue weighted by atomic mass is 35.5. The van der Waals surface area contributed by atoms with Crippen LogP contribution in [0.1, 0.15) is 23.7 Å². The van der Waals surface area contributed by atoms with E-state index in [1.807, 2.05) is 30.4 Å². The number of carbonyl (C=O) groups excluding carboxylic acids is 1. The molecule has 0 aliphatic carbocycles. The summed E-state index contributed by atoms with van der Waals surface area (Å²) in [6.07, 6.45) is 5.36. The highest BCUT2D eigenvalue weighted by molar-refractivity contribution is 6.31. The maximum absolute atomic E-state index is 15.2. The fourth-order valence-electron chi connectivity index (χ4n) is 4.12. The van der Waals surface area contributed by atoms with Crippen molar-refractivity contribution in [1.82, 2.24) is 9.97 Å². The van der Waals surface area contributed by atoms with E-state index in [1.165, 1.54) is 13.0 Å². The summed E-state index contributed by atoms with van der Waals surface area (Å²) >= 11 is 6.17. The van der Waals surface area contributed by atoms with Crippen molar-refractivity contribution < 1.29 is 13.9 Å². The fourth-order valence-corrected chi connectivity index (χ4v) is 4.28. The molecule has 0 saturated carbocycles. The highest BCUT2D eigenvalue weighted by Crippen LogP contribution is 2.33. The molecular formula is C25H22ClFN4O2. The van der Waals surface area contributed by atoms with Crippen molar-refractivity contribution in [3.05, 3.63) is 70.3 Å². The van der Waals surface area contributed by atoms with Gasteiger partial charge in [0.25, 0.3) is 0 Å². The minimum atomic E-state index is -0.460. The molecule has 0 bridgehead atoms. The van der Waals surface area contributed by atoms with Gasteiger partial charge in [0.2, 0.25) is 5.91 Å². The Kier molecular flexibility index (Phi) is 5.83. The third kappa shape index (κ3) is 4.34. The summed E-state index contributed by atoms with van der Waals surface area (Å²) in [6, 6.07) is 10.5. The number of carbonyl (C=O) groups is 1. The van der Waals surface area contributed by atoms with Crippen LogP contribution < -0.4 is 9.80 Å². The molecule has 1 saturated heterocycles. The summed E-state index contributed by atoms with van der Waals surface area (Å²) in [5.74, 6) is 0.214. The Morgan fingerprint density at radius 1 is 1.12 bits per heavy atom. The maximum Gasteiger partial charge on any atom is 0.224 e. The molecular weight excluding hydrogens is 443 g/mol. The van der Waals surface area contributed by atoms with Gasteiger partial charge in [-0.15, -0.1) is 0 Å². The van der Waals surface area contributed by atoms with Crippen molar-refractivity contribution in [3.8, 4) is 11.3 Å². The molecule has 5 rings (SSSR count). The van der Waals surface area contributed by atoms with Crippen molar-refractivity contribution in [1.29, 1.82) is 0 Å². The van der Waals surface area contributed by atoms with Gasteiger partial charge in [-0.05, 0) is 42.0 Å². The number of ether oxygens (including phenoxy) is 1. The number of hydrogen-bond acceptors (Lipinski definition) is 5. The molecule has 6 nitrogen and oxygen atoms in total. The van der Waals surface area contributed by atoms with Gasteiger partial charge in [0.1, 0.15) is 17.3 Å². The SMILES string of the molecule is CC(=O)N1Cc2cc(F)c(-c3ccc(N4CCOCC4)nc3)nc2/C=C\c2ccc(Cl)cc21. The zero-order chi connectivity index (χ0) is 22.9. The van der Waals surface area contributed by atoms with E-state index in [-0.39, 0.29) is 18.1 Å². The van der Waals surface area contributed by atoms with E-state index in [1.54, 1.807) is 23.2 Å². The lowest BCUT2D eigenvalue weighted by Gasteiger charge is -2.27. The largest absolute Gasteiger partial charge is 0.378 e. The van der Waals surface area contributed by atoms with Crippen LogP contribution in [0, 0.1) is 5.82 Å². The van der Waals surface area contributed by atoms with Crippen molar-refractivity contribution in [3.63, 3.8) is 0 Å². The van der Waals surface area contributed by atoms with Crippen LogP contribution in [0.4, 0.5) is 15.9 Å². The van der Waals surface area contributed by atoms with E-state index in [4.69, 9.17) is 16.3 Å². The summed E-state index contributed by atoms with van der Waals surface area (Å²) in [5.41, 5.74) is 3.57. The van der Waals surface area contributed by atoms with Crippen molar-refractivity contribution in [2.24, 2.45) is 0 Å². The minimum absolute atomic E-state index is 0.160. The van der Waals surface area contributed by atoms with Crippen molar-refractivity contribution >= 4 is 41.2 Å². The second-order valence-corrected chi connectivity index (χ2v) is 8.45. The molecule has 2 aromatic heterocycles. The number of amides is 1. The first kappa shape index (κ1) is 21.6. The molecule has 4 heterocycles. The molecule has 0 N–H and O–H groups in total. The molecule has 0 unspecified atom stereocenters. The number of anilines is 2. The average Bonchev–Trinajstić information content (AvgIpc) is 2.82. The Hall–Kier alpha value is -3.29. The number of halogens is 2. The molecule has 0 atom stereocenters. The fraction of sp³-hybridized carbons (Fsp3) is 0.240. The molecule has 3 aromatic rings. The van der Waals surface area contributed by atoms with E-state index in [9.17, 15) is 4.79 Å². The lowest BCUT2D eigenvalue weighted by molar-refractivity contribution is -0.116. The summed E-state index contributed by atoms with van der Waals surface area (Å²) in [5, 5.41) is 0.530. The zero-order valence-electron chi connectivity index (χ0n) is 18.1. The number of fused-ring (bicyclic) bond motifs is 2. The number of nitrogens with zero attached hydrogens (tertiary/aromatic N) is 4. The average molecular weight is 465 g/mol. The molecule has 2 aliphatic heterocycles. The number of aromatic nitrogens is 2. The number of pyridine rings is 2. The molecule has 1 amide bonds. The second-order valence-electron chi connectivity index (χ2n) is 8.01. The third-order valence-corrected chi connectivity index (χ3v) is 6.09. The Morgan fingerprint density at radius 2 is 1.94 bits per heavy atom. The molecule has 2 aliphatic rings. The number of morpholine rings is 1. The molecule has 0 radical (unpaired) electrons. The third-order valence-electron chi connectivity index (χ3n) is 5.86. The van der Waals surface area contributed by atoms with Crippen LogP contribution in [0.2, 0.25) is 5.02 Å². The Bertz CT molecular complexity index is 1240. The zero-order valence-corrected chi connectivity index (χ0v) is 18.8. The number of benzene rings is 1. The molecule has 1 aromatic carbocycles. The van der Waals surface area contributed by atoms with E-state index in [0.717, 1.165) is 24.5 Å². The predicted molar refractivity (Wildman–Crippen MR) is 128 cm³/mol. The van der Waals surface area contributed by atoms with Gasteiger partial charge in [0.05, 0.1) is 31.1 Å². The van der Waals surface area contributed by atoms with Gasteiger partial charge in [-0.3, -0.25) is 4.79 Å². The first-order chi connectivity index (χ1) is 16.0. The quantitative estimate of drug-likeness (QED) is 0.544. The molecule has 8 heteroatoms. The maximum atomic E-state index is 15.2. The monoisotopic (exact) mass is 464 g/mol. The van der Waals surface area contributed by atoms with Crippen molar-refractivity contribution in [2.75, 3.05) is 36.1 Å².